The van der Waals surface area contributed by atoms with Crippen LogP contribution in [0.1, 0.15) is 194 Å². The molecule has 0 aromatic rings. The number of rotatable bonds is 44. The van der Waals surface area contributed by atoms with Crippen LogP contribution in [0.2, 0.25) is 0 Å². The lowest BCUT2D eigenvalue weighted by Gasteiger charge is -2.24. The lowest BCUT2D eigenvalue weighted by molar-refractivity contribution is -0.870. The summed E-state index contributed by atoms with van der Waals surface area (Å²) >= 11 is 0. The summed E-state index contributed by atoms with van der Waals surface area (Å²) < 4.78 is 34.4. The summed E-state index contributed by atoms with van der Waals surface area (Å²) in [4.78, 5) is 35.5. The molecule has 9 nitrogen and oxygen atoms in total. The van der Waals surface area contributed by atoms with Gasteiger partial charge < -0.3 is 18.9 Å². The summed E-state index contributed by atoms with van der Waals surface area (Å²) in [5.74, 6) is -0.834. The number of ether oxygens (including phenoxy) is 2. The monoisotopic (exact) mass is 891 g/mol. The number of carbonyl (C=O) groups excluding carboxylic acids is 2. The summed E-state index contributed by atoms with van der Waals surface area (Å²) in [5, 5.41) is 0. The van der Waals surface area contributed by atoms with Crippen molar-refractivity contribution >= 4 is 19.8 Å². The highest BCUT2D eigenvalue weighted by Crippen LogP contribution is 2.43. The minimum absolute atomic E-state index is 0.0225. The molecule has 0 fully saturated rings. The molecule has 0 aromatic carbocycles. The summed E-state index contributed by atoms with van der Waals surface area (Å²) in [6.07, 6.45) is 55.2. The first-order valence-electron chi connectivity index (χ1n) is 24.7. The molecule has 2 unspecified atom stereocenters. The van der Waals surface area contributed by atoms with Crippen molar-refractivity contribution in [3.63, 3.8) is 0 Å². The predicted molar refractivity (Wildman–Crippen MR) is 261 cm³/mol. The van der Waals surface area contributed by atoms with Gasteiger partial charge >= 0.3 is 19.8 Å². The molecule has 0 saturated heterocycles. The van der Waals surface area contributed by atoms with E-state index in [0.717, 1.165) is 77.0 Å². The first kappa shape index (κ1) is 59.5. The number of phosphoric acid groups is 1. The van der Waals surface area contributed by atoms with Crippen LogP contribution in [-0.4, -0.2) is 74.9 Å². The Morgan fingerprint density at radius 3 is 1.37 bits per heavy atom. The van der Waals surface area contributed by atoms with E-state index in [1.54, 1.807) is 0 Å². The van der Waals surface area contributed by atoms with Gasteiger partial charge in [0.05, 0.1) is 27.7 Å². The van der Waals surface area contributed by atoms with E-state index < -0.39 is 26.5 Å². The van der Waals surface area contributed by atoms with Gasteiger partial charge in [-0.1, -0.05) is 170 Å². The Kier molecular flexibility index (Phi) is 41.9. The standard InChI is InChI=1S/C52H92NO8P/c1-6-8-10-12-14-16-18-20-22-24-25-26-27-29-30-32-34-36-38-40-42-44-51(54)58-48-50(49-60-62(56,57)59-47-46-53(3,4)5)61-52(55)45-43-41-39-37-35-33-31-28-23-21-19-17-15-13-11-9-7-2/h9,11,15,17-18,20-21,23-25,31,33,50H,6-8,10,12-14,16,19,22,26-30,32,34-49H2,1-5H3/p+1/b11-9-,17-15-,20-18-,23-21-,25-24-,33-31-. The molecule has 0 aromatic heterocycles. The van der Waals surface area contributed by atoms with Crippen molar-refractivity contribution in [3.05, 3.63) is 72.9 Å². The Morgan fingerprint density at radius 2 is 0.919 bits per heavy atom. The lowest BCUT2D eigenvalue weighted by atomic mass is 10.1. The van der Waals surface area contributed by atoms with Gasteiger partial charge in [-0.05, 0) is 83.5 Å². The quantitative estimate of drug-likeness (QED) is 0.0212. The molecule has 0 aliphatic carbocycles. The lowest BCUT2D eigenvalue weighted by Crippen LogP contribution is -2.37. The van der Waals surface area contributed by atoms with Crippen molar-refractivity contribution in [1.29, 1.82) is 0 Å². The number of quaternary nitrogens is 1. The molecule has 0 amide bonds. The number of nitrogens with zero attached hydrogens (tertiary/aromatic N) is 1. The number of unbranched alkanes of at least 4 members (excludes halogenated alkanes) is 18. The Hall–Kier alpha value is -2.55. The fourth-order valence-corrected chi connectivity index (χ4v) is 7.13. The van der Waals surface area contributed by atoms with Gasteiger partial charge in [0.15, 0.2) is 6.10 Å². The van der Waals surface area contributed by atoms with Crippen molar-refractivity contribution in [2.75, 3.05) is 47.5 Å². The van der Waals surface area contributed by atoms with Crippen LogP contribution in [-0.2, 0) is 32.7 Å². The van der Waals surface area contributed by atoms with Crippen LogP contribution in [0.4, 0.5) is 0 Å². The third-order valence-corrected chi connectivity index (χ3v) is 11.2. The molecule has 0 spiro atoms. The smallest absolute Gasteiger partial charge is 0.462 e. The molecule has 0 aliphatic heterocycles. The Bertz CT molecular complexity index is 1280. The first-order chi connectivity index (χ1) is 30.0. The van der Waals surface area contributed by atoms with Gasteiger partial charge in [0, 0.05) is 12.8 Å². The normalized spacial score (nSPS) is 14.1. The van der Waals surface area contributed by atoms with Crippen LogP contribution in [0.25, 0.3) is 0 Å². The summed E-state index contributed by atoms with van der Waals surface area (Å²) in [6, 6.07) is 0. The topological polar surface area (TPSA) is 108 Å². The maximum Gasteiger partial charge on any atom is 0.472 e. The number of allylic oxidation sites excluding steroid dienone is 12. The Morgan fingerprint density at radius 1 is 0.516 bits per heavy atom. The molecule has 10 heteroatoms. The molecule has 0 bridgehead atoms. The minimum Gasteiger partial charge on any atom is -0.462 e. The number of esters is 2. The molecule has 2 atom stereocenters. The van der Waals surface area contributed by atoms with Gasteiger partial charge in [-0.15, -0.1) is 0 Å². The Labute approximate surface area is 380 Å². The van der Waals surface area contributed by atoms with Gasteiger partial charge in [0.2, 0.25) is 0 Å². The molecule has 0 rings (SSSR count). The van der Waals surface area contributed by atoms with Crippen LogP contribution in [0.5, 0.6) is 0 Å². The number of carbonyl (C=O) groups is 2. The second-order valence-electron chi connectivity index (χ2n) is 17.5. The third-order valence-electron chi connectivity index (χ3n) is 10.2. The van der Waals surface area contributed by atoms with E-state index in [2.05, 4.69) is 86.8 Å². The SMILES string of the molecule is CC/C=C\C/C=C\C/C=C\C/C=C\CCCCCCC(=O)OC(COC(=O)CCCCCCCCCCC/C=C\C/C=C\CCCCCCC)COP(=O)(O)OCC[N+](C)(C)C. The zero-order chi connectivity index (χ0) is 45.7. The highest BCUT2D eigenvalue weighted by Gasteiger charge is 2.27. The van der Waals surface area contributed by atoms with Crippen molar-refractivity contribution in [1.82, 2.24) is 0 Å². The second kappa shape index (κ2) is 43.7. The number of hydrogen-bond acceptors (Lipinski definition) is 7. The van der Waals surface area contributed by atoms with Crippen LogP contribution in [0.15, 0.2) is 72.9 Å². The molecule has 358 valence electrons. The van der Waals surface area contributed by atoms with Crippen molar-refractivity contribution in [3.8, 4) is 0 Å². The van der Waals surface area contributed by atoms with Crippen LogP contribution in [0.3, 0.4) is 0 Å². The largest absolute Gasteiger partial charge is 0.472 e. The number of likely N-dealkylation sites (N-methyl/N-ethyl adjacent to an activating group) is 1. The van der Waals surface area contributed by atoms with E-state index in [0.29, 0.717) is 17.4 Å². The minimum atomic E-state index is -4.39. The molecule has 1 N–H and O–H groups in total. The van der Waals surface area contributed by atoms with Gasteiger partial charge in [0.25, 0.3) is 0 Å². The van der Waals surface area contributed by atoms with E-state index in [1.165, 1.54) is 83.5 Å². The summed E-state index contributed by atoms with van der Waals surface area (Å²) in [6.45, 7) is 4.26. The maximum atomic E-state index is 12.7. The van der Waals surface area contributed by atoms with Gasteiger partial charge in [-0.25, -0.2) is 4.57 Å². The van der Waals surface area contributed by atoms with Crippen molar-refractivity contribution in [2.45, 2.75) is 200 Å². The first-order valence-corrected chi connectivity index (χ1v) is 26.2. The zero-order valence-electron chi connectivity index (χ0n) is 40.3. The van der Waals surface area contributed by atoms with Gasteiger partial charge in [0.1, 0.15) is 19.8 Å². The maximum absolute atomic E-state index is 12.7. The summed E-state index contributed by atoms with van der Waals surface area (Å²) in [7, 11) is 1.45. The number of hydrogen-bond donors (Lipinski definition) is 1. The molecule has 0 aliphatic rings. The molecule has 0 radical (unpaired) electrons. The van der Waals surface area contributed by atoms with E-state index in [1.807, 2.05) is 21.1 Å². The average molecular weight is 891 g/mol. The zero-order valence-corrected chi connectivity index (χ0v) is 41.2. The van der Waals surface area contributed by atoms with Crippen LogP contribution in [0, 0.1) is 0 Å². The fraction of sp³-hybridized carbons (Fsp3) is 0.731. The van der Waals surface area contributed by atoms with E-state index in [4.69, 9.17) is 18.5 Å². The Balaban J connectivity index is 4.32. The van der Waals surface area contributed by atoms with E-state index >= 15 is 0 Å². The predicted octanol–water partition coefficient (Wildman–Crippen LogP) is 14.6. The molecular weight excluding hydrogens is 798 g/mol. The highest BCUT2D eigenvalue weighted by molar-refractivity contribution is 7.47. The third kappa shape index (κ3) is 46.9. The highest BCUT2D eigenvalue weighted by atomic mass is 31.2. The van der Waals surface area contributed by atoms with Crippen molar-refractivity contribution in [2.24, 2.45) is 0 Å². The molecule has 0 heterocycles. The second-order valence-corrected chi connectivity index (χ2v) is 18.9. The molecular formula is C52H93NO8P+. The van der Waals surface area contributed by atoms with Crippen LogP contribution < -0.4 is 0 Å². The van der Waals surface area contributed by atoms with Gasteiger partial charge in [-0.2, -0.15) is 0 Å². The summed E-state index contributed by atoms with van der Waals surface area (Å²) in [5.41, 5.74) is 0. The number of phosphoric ester groups is 1. The van der Waals surface area contributed by atoms with Crippen LogP contribution >= 0.6 is 7.82 Å². The average Bonchev–Trinajstić information content (AvgIpc) is 3.23. The molecule has 62 heavy (non-hydrogen) atoms. The fourth-order valence-electron chi connectivity index (χ4n) is 6.39. The van der Waals surface area contributed by atoms with E-state index in [-0.39, 0.29) is 32.0 Å². The molecule has 0 saturated carbocycles. The van der Waals surface area contributed by atoms with E-state index in [9.17, 15) is 19.0 Å². The van der Waals surface area contributed by atoms with Crippen molar-refractivity contribution < 1.29 is 42.1 Å². The van der Waals surface area contributed by atoms with Gasteiger partial charge in [-0.3, -0.25) is 18.6 Å².